The highest BCUT2D eigenvalue weighted by Crippen LogP contribution is 2.18. The lowest BCUT2D eigenvalue weighted by molar-refractivity contribution is -0.161. The molecule has 0 bridgehead atoms. The Morgan fingerprint density at radius 2 is 0.597 bits per heavy atom. The van der Waals surface area contributed by atoms with Crippen molar-refractivity contribution < 1.29 is 24.2 Å². The molecule has 0 saturated heterocycles. The molecule has 0 aromatic carbocycles. The normalized spacial score (nSPS) is 12.5. The zero-order chi connectivity index (χ0) is 52.0. The lowest BCUT2D eigenvalue weighted by Crippen LogP contribution is -2.28. The standard InChI is InChI=1S/C67H122O5/c1-3-5-7-9-11-13-15-17-19-21-22-23-24-25-26-27-28-29-30-31-32-33-34-35-36-37-38-39-40-41-42-43-44-46-47-49-51-53-55-57-59-61-66(69)71-64-65(63-68)72-67(70)62-60-58-56-54-52-50-48-45-20-18-16-14-12-10-8-6-4-2/h6,8,12,14,18,20-22,48,50,65,68H,3-5,7,9-11,13,15-17,19,23-47,49,51-64H2,1-2H3/b8-6-,14-12-,20-18-,22-21-,50-48-. The maximum absolute atomic E-state index is 12.3. The minimum Gasteiger partial charge on any atom is -0.462 e. The highest BCUT2D eigenvalue weighted by Gasteiger charge is 2.16. The third kappa shape index (κ3) is 60.2. The summed E-state index contributed by atoms with van der Waals surface area (Å²) in [5.74, 6) is -0.607. The summed E-state index contributed by atoms with van der Waals surface area (Å²) in [4.78, 5) is 24.5. The van der Waals surface area contributed by atoms with E-state index in [-0.39, 0.29) is 25.2 Å². The molecular formula is C67H122O5. The van der Waals surface area contributed by atoms with Crippen molar-refractivity contribution >= 4 is 11.9 Å². The van der Waals surface area contributed by atoms with E-state index in [0.29, 0.717) is 12.8 Å². The summed E-state index contributed by atoms with van der Waals surface area (Å²) in [5.41, 5.74) is 0. The summed E-state index contributed by atoms with van der Waals surface area (Å²) in [6.07, 6.45) is 85.4. The first-order valence-electron chi connectivity index (χ1n) is 31.8. The predicted molar refractivity (Wildman–Crippen MR) is 316 cm³/mol. The van der Waals surface area contributed by atoms with E-state index >= 15 is 0 Å². The zero-order valence-electron chi connectivity index (χ0n) is 48.2. The van der Waals surface area contributed by atoms with Crippen molar-refractivity contribution in [1.29, 1.82) is 0 Å². The van der Waals surface area contributed by atoms with Crippen molar-refractivity contribution in [3.05, 3.63) is 60.8 Å². The number of esters is 2. The minimum atomic E-state index is -0.786. The minimum absolute atomic E-state index is 0.0745. The highest BCUT2D eigenvalue weighted by atomic mass is 16.6. The Morgan fingerprint density at radius 3 is 0.917 bits per heavy atom. The molecule has 5 nitrogen and oxygen atoms in total. The van der Waals surface area contributed by atoms with E-state index in [1.807, 2.05) is 0 Å². The first kappa shape index (κ1) is 69.6. The van der Waals surface area contributed by atoms with Crippen LogP contribution in [0.4, 0.5) is 0 Å². The van der Waals surface area contributed by atoms with E-state index in [9.17, 15) is 14.7 Å². The molecule has 0 aromatic heterocycles. The molecule has 0 radical (unpaired) electrons. The fourth-order valence-electron chi connectivity index (χ4n) is 9.55. The second-order valence-electron chi connectivity index (χ2n) is 21.5. The second-order valence-corrected chi connectivity index (χ2v) is 21.5. The van der Waals surface area contributed by atoms with Crippen molar-refractivity contribution in [3.8, 4) is 0 Å². The van der Waals surface area contributed by atoms with Crippen molar-refractivity contribution in [3.63, 3.8) is 0 Å². The predicted octanol–water partition coefficient (Wildman–Crippen LogP) is 21.8. The first-order valence-corrected chi connectivity index (χ1v) is 31.8. The number of aliphatic hydroxyl groups is 1. The van der Waals surface area contributed by atoms with Crippen LogP contribution in [0.2, 0.25) is 0 Å². The number of hydrogen-bond acceptors (Lipinski definition) is 5. The topological polar surface area (TPSA) is 72.8 Å². The number of ether oxygens (including phenoxy) is 2. The lowest BCUT2D eigenvalue weighted by atomic mass is 10.0. The molecule has 0 amide bonds. The lowest BCUT2D eigenvalue weighted by Gasteiger charge is -2.15. The van der Waals surface area contributed by atoms with E-state index in [2.05, 4.69) is 74.6 Å². The Labute approximate surface area is 449 Å². The molecule has 420 valence electrons. The monoisotopic (exact) mass is 1010 g/mol. The van der Waals surface area contributed by atoms with E-state index in [4.69, 9.17) is 9.47 Å². The molecule has 1 atom stereocenters. The first-order chi connectivity index (χ1) is 35.6. The SMILES string of the molecule is CC/C=C\C/C=C\C/C=C\C/C=C\CCCCCCC(=O)OC(CO)COC(=O)CCCCCCCCCCCCCCCCCCCCCCCCCCCCCCC/C=C\CCCCCCCCCC. The second kappa shape index (κ2) is 62.9. The van der Waals surface area contributed by atoms with Gasteiger partial charge in [0.15, 0.2) is 6.10 Å². The Bertz CT molecular complexity index is 1230. The number of rotatable bonds is 59. The van der Waals surface area contributed by atoms with Crippen LogP contribution >= 0.6 is 0 Å². The largest absolute Gasteiger partial charge is 0.462 e. The van der Waals surface area contributed by atoms with Crippen LogP contribution in [0.1, 0.15) is 335 Å². The molecule has 72 heavy (non-hydrogen) atoms. The Hall–Kier alpha value is -2.40. The Morgan fingerprint density at radius 1 is 0.333 bits per heavy atom. The third-order valence-electron chi connectivity index (χ3n) is 14.3. The van der Waals surface area contributed by atoms with E-state index in [1.54, 1.807) is 0 Å². The van der Waals surface area contributed by atoms with Gasteiger partial charge in [-0.1, -0.05) is 306 Å². The van der Waals surface area contributed by atoms with Crippen LogP contribution in [0.25, 0.3) is 0 Å². The number of allylic oxidation sites excluding steroid dienone is 10. The molecular weight excluding hydrogens is 885 g/mol. The average Bonchev–Trinajstić information content (AvgIpc) is 3.38. The van der Waals surface area contributed by atoms with Crippen molar-refractivity contribution in [2.45, 2.75) is 341 Å². The van der Waals surface area contributed by atoms with Gasteiger partial charge in [-0.3, -0.25) is 9.59 Å². The van der Waals surface area contributed by atoms with Crippen molar-refractivity contribution in [2.75, 3.05) is 13.2 Å². The molecule has 1 N–H and O–H groups in total. The van der Waals surface area contributed by atoms with Gasteiger partial charge in [-0.2, -0.15) is 0 Å². The van der Waals surface area contributed by atoms with Crippen LogP contribution in [0.5, 0.6) is 0 Å². The van der Waals surface area contributed by atoms with Crippen LogP contribution in [-0.4, -0.2) is 36.4 Å². The maximum atomic E-state index is 12.3. The fraction of sp³-hybridized carbons (Fsp3) is 0.821. The van der Waals surface area contributed by atoms with Gasteiger partial charge in [0.2, 0.25) is 0 Å². The van der Waals surface area contributed by atoms with Crippen LogP contribution in [0.3, 0.4) is 0 Å². The van der Waals surface area contributed by atoms with Crippen LogP contribution in [0, 0.1) is 0 Å². The zero-order valence-corrected chi connectivity index (χ0v) is 48.2. The van der Waals surface area contributed by atoms with Gasteiger partial charge < -0.3 is 14.6 Å². The van der Waals surface area contributed by atoms with Crippen LogP contribution in [-0.2, 0) is 19.1 Å². The van der Waals surface area contributed by atoms with E-state index in [0.717, 1.165) is 77.0 Å². The molecule has 0 aliphatic carbocycles. The molecule has 0 spiro atoms. The van der Waals surface area contributed by atoms with Gasteiger partial charge in [-0.15, -0.1) is 0 Å². The number of carbonyl (C=O) groups excluding carboxylic acids is 2. The molecule has 0 rings (SSSR count). The summed E-state index contributed by atoms with van der Waals surface area (Å²) >= 11 is 0. The molecule has 0 aliphatic heterocycles. The number of unbranched alkanes of at least 4 members (excludes halogenated alkanes) is 41. The summed E-state index contributed by atoms with van der Waals surface area (Å²) in [7, 11) is 0. The molecule has 0 heterocycles. The summed E-state index contributed by atoms with van der Waals surface area (Å²) in [6, 6.07) is 0. The van der Waals surface area contributed by atoms with Crippen LogP contribution < -0.4 is 0 Å². The highest BCUT2D eigenvalue weighted by molar-refractivity contribution is 5.70. The van der Waals surface area contributed by atoms with Gasteiger partial charge in [0.1, 0.15) is 6.61 Å². The number of aliphatic hydroxyl groups excluding tert-OH is 1. The van der Waals surface area contributed by atoms with Gasteiger partial charge >= 0.3 is 11.9 Å². The fourth-order valence-corrected chi connectivity index (χ4v) is 9.55. The molecule has 5 heteroatoms. The molecule has 0 saturated carbocycles. The van der Waals surface area contributed by atoms with Crippen LogP contribution in [0.15, 0.2) is 60.8 Å². The van der Waals surface area contributed by atoms with Crippen molar-refractivity contribution in [2.24, 2.45) is 0 Å². The van der Waals surface area contributed by atoms with Gasteiger partial charge in [0, 0.05) is 12.8 Å². The average molecular weight is 1010 g/mol. The number of hydrogen-bond donors (Lipinski definition) is 1. The molecule has 1 unspecified atom stereocenters. The Balaban J connectivity index is 3.37. The number of carbonyl (C=O) groups is 2. The van der Waals surface area contributed by atoms with Crippen molar-refractivity contribution in [1.82, 2.24) is 0 Å². The smallest absolute Gasteiger partial charge is 0.306 e. The van der Waals surface area contributed by atoms with E-state index < -0.39 is 6.10 Å². The van der Waals surface area contributed by atoms with Gasteiger partial charge in [-0.25, -0.2) is 0 Å². The molecule has 0 aromatic rings. The third-order valence-corrected chi connectivity index (χ3v) is 14.3. The van der Waals surface area contributed by atoms with Gasteiger partial charge in [0.05, 0.1) is 6.61 Å². The molecule has 0 fully saturated rings. The summed E-state index contributed by atoms with van der Waals surface area (Å²) in [6.45, 7) is 4.04. The summed E-state index contributed by atoms with van der Waals surface area (Å²) in [5, 5.41) is 9.64. The Kier molecular flexibility index (Phi) is 60.8. The van der Waals surface area contributed by atoms with Gasteiger partial charge in [-0.05, 0) is 77.0 Å². The summed E-state index contributed by atoms with van der Waals surface area (Å²) < 4.78 is 10.7. The molecule has 0 aliphatic rings. The van der Waals surface area contributed by atoms with E-state index in [1.165, 1.54) is 231 Å². The van der Waals surface area contributed by atoms with Gasteiger partial charge in [0.25, 0.3) is 0 Å². The maximum Gasteiger partial charge on any atom is 0.306 e. The quantitative estimate of drug-likeness (QED) is 0.0373.